The van der Waals surface area contributed by atoms with Gasteiger partial charge < -0.3 is 0 Å². The van der Waals surface area contributed by atoms with Crippen molar-refractivity contribution in [3.63, 3.8) is 0 Å². The number of rotatable bonds is 15. The second kappa shape index (κ2) is 13.5. The van der Waals surface area contributed by atoms with Crippen LogP contribution in [-0.2, 0) is 12.6 Å². The zero-order valence-corrected chi connectivity index (χ0v) is 17.4. The van der Waals surface area contributed by atoms with Crippen LogP contribution in [-0.4, -0.2) is 5.75 Å². The molecule has 0 saturated heterocycles. The van der Waals surface area contributed by atoms with Crippen molar-refractivity contribution in [2.75, 3.05) is 5.75 Å². The van der Waals surface area contributed by atoms with E-state index in [1.165, 1.54) is 102 Å². The molecule has 0 aliphatic carbocycles. The first-order chi connectivity index (χ1) is 11.4. The average Bonchev–Trinajstić information content (AvgIpc) is 2.44. The Labute approximate surface area is 155 Å². The summed E-state index contributed by atoms with van der Waals surface area (Å²) in [5.41, 5.74) is 0. The third-order valence-electron chi connectivity index (χ3n) is 3.78. The predicted octanol–water partition coefficient (Wildman–Crippen LogP) is 9.25. The van der Waals surface area contributed by atoms with Crippen molar-refractivity contribution in [2.45, 2.75) is 103 Å². The molecule has 0 spiro atoms. The fourth-order valence-electron chi connectivity index (χ4n) is 2.50. The zero-order chi connectivity index (χ0) is 19.7. The van der Waals surface area contributed by atoms with Crippen molar-refractivity contribution in [1.29, 1.82) is 0 Å². The fraction of sp³-hybridized carbons (Fsp3) is 1.00. The van der Waals surface area contributed by atoms with Crippen molar-refractivity contribution < 1.29 is 25.2 Å². The molecule has 0 fully saturated rings. The van der Waals surface area contributed by atoms with Gasteiger partial charge >= 0.3 is 33.0 Å². The van der Waals surface area contributed by atoms with Gasteiger partial charge in [0.2, 0.25) is 0 Å². The van der Waals surface area contributed by atoms with Gasteiger partial charge in [0.1, 0.15) is 5.75 Å². The molecule has 0 aromatic rings. The van der Waals surface area contributed by atoms with E-state index in [4.69, 9.17) is 0 Å². The summed E-state index contributed by atoms with van der Waals surface area (Å²) < 4.78 is 59.2. The second-order valence-electron chi connectivity index (χ2n) is 6.66. The van der Waals surface area contributed by atoms with Gasteiger partial charge in [-0.05, 0) is 25.5 Å². The maximum atomic E-state index is 9.87. The number of hydrogen-bond acceptors (Lipinski definition) is 0. The molecule has 0 amide bonds. The van der Waals surface area contributed by atoms with Gasteiger partial charge in [-0.15, -0.1) is 0 Å². The molecule has 0 N–H and O–H groups in total. The first kappa shape index (κ1) is 27.6. The van der Waals surface area contributed by atoms with E-state index >= 15 is 0 Å². The molecule has 0 bridgehead atoms. The number of halogens is 6. The monoisotopic (exact) mass is 418 g/mol. The van der Waals surface area contributed by atoms with Crippen molar-refractivity contribution in [2.24, 2.45) is 0 Å². The van der Waals surface area contributed by atoms with Gasteiger partial charge in [0, 0.05) is 0 Å². The van der Waals surface area contributed by atoms with Crippen LogP contribution in [0.4, 0.5) is 25.2 Å². The Bertz CT molecular complexity index is 264. The standard InChI is InChI=1S/C17H36S.F6P/c1-2-3-4-5-6-7-8-9-10-11-12-13-14-15-16-17-18;1-7(2,3,4,5)6/h18H,2-17H2,1H3;/q;-1/p+1. The van der Waals surface area contributed by atoms with E-state index in [0.717, 1.165) is 0 Å². The molecule has 0 unspecified atom stereocenters. The summed E-state index contributed by atoms with van der Waals surface area (Å²) in [6, 6.07) is 0. The third-order valence-corrected chi connectivity index (χ3v) is 4.13. The minimum absolute atomic E-state index is 1.18. The molecule has 0 aliphatic rings. The third kappa shape index (κ3) is 51.6. The van der Waals surface area contributed by atoms with Crippen LogP contribution in [0, 0.1) is 0 Å². The Hall–Kier alpha value is 0.360. The Morgan fingerprint density at radius 2 is 0.680 bits per heavy atom. The van der Waals surface area contributed by atoms with E-state index < -0.39 is 7.81 Å². The van der Waals surface area contributed by atoms with Crippen LogP contribution >= 0.6 is 7.81 Å². The second-order valence-corrected chi connectivity index (χ2v) is 9.07. The van der Waals surface area contributed by atoms with Crippen LogP contribution in [0.3, 0.4) is 0 Å². The summed E-state index contributed by atoms with van der Waals surface area (Å²) in [7, 11) is -10.7. The molecule has 0 heterocycles. The molecule has 0 nitrogen and oxygen atoms in total. The number of hydrogen-bond donors (Lipinski definition) is 0. The van der Waals surface area contributed by atoms with Gasteiger partial charge in [-0.3, -0.25) is 0 Å². The molecule has 0 saturated carbocycles. The predicted molar refractivity (Wildman–Crippen MR) is 104 cm³/mol. The first-order valence-corrected chi connectivity index (χ1v) is 12.3. The summed E-state index contributed by atoms with van der Waals surface area (Å²) >= 11 is 3.53. The Kier molecular flexibility index (Phi) is 14.9. The van der Waals surface area contributed by atoms with Gasteiger partial charge in [0.25, 0.3) is 0 Å². The molecule has 0 aromatic heterocycles. The first-order valence-electron chi connectivity index (χ1n) is 9.57. The molecule has 0 atom stereocenters. The molecule has 0 aromatic carbocycles. The van der Waals surface area contributed by atoms with Crippen LogP contribution in [0.2, 0.25) is 0 Å². The summed E-state index contributed by atoms with van der Waals surface area (Å²) in [6.07, 6.45) is 21.8. The normalized spacial score (nSPS) is 14.4. The van der Waals surface area contributed by atoms with E-state index in [2.05, 4.69) is 19.6 Å². The Morgan fingerprint density at radius 3 is 0.880 bits per heavy atom. The van der Waals surface area contributed by atoms with Crippen LogP contribution in [0.5, 0.6) is 0 Å². The van der Waals surface area contributed by atoms with Crippen molar-refractivity contribution in [1.82, 2.24) is 0 Å². The Morgan fingerprint density at radius 1 is 0.480 bits per heavy atom. The molecule has 158 valence electrons. The van der Waals surface area contributed by atoms with Crippen LogP contribution in [0.25, 0.3) is 0 Å². The molecular formula is C17H37F6PS. The van der Waals surface area contributed by atoms with E-state index in [1.54, 1.807) is 0 Å². The summed E-state index contributed by atoms with van der Waals surface area (Å²) in [4.78, 5) is 0. The van der Waals surface area contributed by atoms with Crippen molar-refractivity contribution in [3.05, 3.63) is 0 Å². The van der Waals surface area contributed by atoms with Crippen LogP contribution in [0.1, 0.15) is 103 Å². The van der Waals surface area contributed by atoms with Gasteiger partial charge in [-0.1, -0.05) is 90.4 Å². The van der Waals surface area contributed by atoms with Gasteiger partial charge in [0.15, 0.2) is 0 Å². The molecular weight excluding hydrogens is 381 g/mol. The van der Waals surface area contributed by atoms with Crippen LogP contribution in [0.15, 0.2) is 0 Å². The quantitative estimate of drug-likeness (QED) is 0.108. The van der Waals surface area contributed by atoms with Crippen molar-refractivity contribution >= 4 is 20.4 Å². The van der Waals surface area contributed by atoms with Crippen LogP contribution < -0.4 is 0 Å². The zero-order valence-electron chi connectivity index (χ0n) is 15.5. The topological polar surface area (TPSA) is 0 Å². The summed E-state index contributed by atoms with van der Waals surface area (Å²) in [5, 5.41) is 0. The average molecular weight is 419 g/mol. The van der Waals surface area contributed by atoms with Gasteiger partial charge in [-0.2, -0.15) is 0 Å². The van der Waals surface area contributed by atoms with E-state index in [-0.39, 0.29) is 0 Å². The van der Waals surface area contributed by atoms with E-state index in [1.807, 2.05) is 0 Å². The summed E-state index contributed by atoms with van der Waals surface area (Å²) in [5.74, 6) is 1.18. The molecule has 25 heavy (non-hydrogen) atoms. The molecule has 0 rings (SSSR count). The van der Waals surface area contributed by atoms with E-state index in [9.17, 15) is 25.2 Å². The van der Waals surface area contributed by atoms with Crippen molar-refractivity contribution in [3.8, 4) is 0 Å². The Balaban J connectivity index is 0. The van der Waals surface area contributed by atoms with Gasteiger partial charge in [0.05, 0.1) is 0 Å². The maximum absolute atomic E-state index is 10.7. The fourth-order valence-corrected chi connectivity index (χ4v) is 2.75. The van der Waals surface area contributed by atoms with E-state index in [0.29, 0.717) is 0 Å². The SMILES string of the molecule is CCCCCCCCCCCCCCCCC[SH2+].F[P-](F)(F)(F)(F)F. The molecule has 0 aliphatic heterocycles. The number of unbranched alkanes of at least 4 members (excludes halogenated alkanes) is 14. The molecule has 8 heteroatoms. The summed E-state index contributed by atoms with van der Waals surface area (Å²) in [6.45, 7) is 2.29. The molecule has 0 radical (unpaired) electrons. The minimum atomic E-state index is -10.7. The van der Waals surface area contributed by atoms with Gasteiger partial charge in [-0.25, -0.2) is 0 Å².